The van der Waals surface area contributed by atoms with E-state index in [1.807, 2.05) is 6.07 Å². The molecule has 0 atom stereocenters. The minimum Gasteiger partial charge on any atom is -0.464 e. The fraction of sp³-hybridized carbons (Fsp3) is 0.292. The topological polar surface area (TPSA) is 116 Å². The smallest absolute Gasteiger partial charge is 0.356 e. The predicted molar refractivity (Wildman–Crippen MR) is 126 cm³/mol. The normalized spacial score (nSPS) is 15.2. The molecule has 4 heterocycles. The zero-order chi connectivity index (χ0) is 23.2. The summed E-state index contributed by atoms with van der Waals surface area (Å²) in [5.41, 5.74) is 3.90. The molecule has 1 aromatic carbocycles. The number of ether oxygens (including phenoxy) is 1. The fourth-order valence-corrected chi connectivity index (χ4v) is 4.37. The van der Waals surface area contributed by atoms with Gasteiger partial charge in [-0.1, -0.05) is 12.1 Å². The molecule has 0 radical (unpaired) electrons. The second-order valence-electron chi connectivity index (χ2n) is 8.53. The van der Waals surface area contributed by atoms with E-state index in [1.54, 1.807) is 33.8 Å². The molecule has 10 heteroatoms. The Labute approximate surface area is 194 Å². The Bertz CT molecular complexity index is 1490. The van der Waals surface area contributed by atoms with Crippen molar-refractivity contribution in [1.29, 1.82) is 0 Å². The Balaban J connectivity index is 1.46. The molecular weight excluding hydrogens is 434 g/mol. The molecule has 3 aromatic heterocycles. The molecule has 0 spiro atoms. The molecule has 6 rings (SSSR count). The first-order valence-corrected chi connectivity index (χ1v) is 11.3. The number of nitrogens with one attached hydrogen (secondary N) is 2. The van der Waals surface area contributed by atoms with Crippen LogP contribution in [0.15, 0.2) is 47.4 Å². The first-order chi connectivity index (χ1) is 16.6. The summed E-state index contributed by atoms with van der Waals surface area (Å²) in [5.74, 6) is 0.262. The summed E-state index contributed by atoms with van der Waals surface area (Å²) >= 11 is 0. The number of hydrogen-bond donors (Lipinski definition) is 2. The zero-order valence-corrected chi connectivity index (χ0v) is 18.6. The number of anilines is 2. The van der Waals surface area contributed by atoms with Crippen molar-refractivity contribution < 1.29 is 9.53 Å². The van der Waals surface area contributed by atoms with Gasteiger partial charge in [0.1, 0.15) is 5.39 Å². The summed E-state index contributed by atoms with van der Waals surface area (Å²) in [6.45, 7) is 1.83. The lowest BCUT2D eigenvalue weighted by Crippen LogP contribution is -2.23. The molecule has 0 amide bonds. The van der Waals surface area contributed by atoms with E-state index in [1.165, 1.54) is 18.2 Å². The van der Waals surface area contributed by atoms with Crippen LogP contribution >= 0.6 is 0 Å². The highest BCUT2D eigenvalue weighted by molar-refractivity contribution is 5.87. The highest BCUT2D eigenvalue weighted by Gasteiger charge is 2.31. The van der Waals surface area contributed by atoms with E-state index in [4.69, 9.17) is 9.72 Å². The minimum absolute atomic E-state index is 0.0657. The number of benzene rings is 1. The number of rotatable bonds is 5. The van der Waals surface area contributed by atoms with Crippen LogP contribution in [0.1, 0.15) is 40.5 Å². The van der Waals surface area contributed by atoms with E-state index < -0.39 is 5.97 Å². The van der Waals surface area contributed by atoms with Gasteiger partial charge in [0.05, 0.1) is 13.2 Å². The highest BCUT2D eigenvalue weighted by atomic mass is 16.5. The second kappa shape index (κ2) is 8.07. The van der Waals surface area contributed by atoms with Crippen molar-refractivity contribution in [2.45, 2.75) is 31.8 Å². The Hall–Kier alpha value is -4.05. The van der Waals surface area contributed by atoms with Gasteiger partial charge >= 0.3 is 5.97 Å². The van der Waals surface area contributed by atoms with Crippen molar-refractivity contribution in [3.8, 4) is 5.82 Å². The van der Waals surface area contributed by atoms with Crippen LogP contribution in [0.2, 0.25) is 0 Å². The number of aromatic nitrogens is 5. The van der Waals surface area contributed by atoms with Crippen LogP contribution in [0.5, 0.6) is 0 Å². The number of nitrogens with zero attached hydrogens (tertiary/aromatic N) is 5. The molecule has 1 saturated carbocycles. The van der Waals surface area contributed by atoms with E-state index >= 15 is 0 Å². The molecule has 1 aliphatic heterocycles. The Morgan fingerprint density at radius 3 is 2.88 bits per heavy atom. The van der Waals surface area contributed by atoms with E-state index in [-0.39, 0.29) is 17.3 Å². The second-order valence-corrected chi connectivity index (χ2v) is 8.53. The Morgan fingerprint density at radius 2 is 2.06 bits per heavy atom. The lowest BCUT2D eigenvalue weighted by molar-refractivity contribution is 0.0594. The standard InChI is InChI=1S/C24H23N7O3/c1-34-23(33)19-3-2-4-20(28-19)31-21-18(22(32)30(31)17-7-8-17)13-26-24(29-21)27-16-6-5-15-12-25-10-9-14(15)11-16/h2-6,11,13,17,25H,7-10,12H2,1H3,(H,26,27,29). The summed E-state index contributed by atoms with van der Waals surface area (Å²) in [7, 11) is 1.31. The van der Waals surface area contributed by atoms with E-state index in [0.29, 0.717) is 22.8 Å². The molecule has 1 aliphatic carbocycles. The van der Waals surface area contributed by atoms with Gasteiger partial charge in [-0.2, -0.15) is 4.98 Å². The summed E-state index contributed by atoms with van der Waals surface area (Å²) in [6, 6.07) is 11.3. The van der Waals surface area contributed by atoms with Crippen LogP contribution in [-0.4, -0.2) is 43.9 Å². The molecule has 172 valence electrons. The van der Waals surface area contributed by atoms with E-state index in [2.05, 4.69) is 32.7 Å². The van der Waals surface area contributed by atoms with Crippen molar-refractivity contribution in [2.75, 3.05) is 19.0 Å². The molecular formula is C24H23N7O3. The van der Waals surface area contributed by atoms with Crippen LogP contribution in [-0.2, 0) is 17.7 Å². The lowest BCUT2D eigenvalue weighted by atomic mass is 10.0. The van der Waals surface area contributed by atoms with Crippen LogP contribution in [0.25, 0.3) is 16.9 Å². The quantitative estimate of drug-likeness (QED) is 0.439. The molecule has 10 nitrogen and oxygen atoms in total. The molecule has 0 unspecified atom stereocenters. The Kier molecular flexibility index (Phi) is 4.88. The molecule has 34 heavy (non-hydrogen) atoms. The van der Waals surface area contributed by atoms with Gasteiger partial charge in [0, 0.05) is 18.4 Å². The van der Waals surface area contributed by atoms with E-state index in [0.717, 1.165) is 38.0 Å². The summed E-state index contributed by atoms with van der Waals surface area (Å²) in [4.78, 5) is 38.8. The average Bonchev–Trinajstić information content (AvgIpc) is 3.67. The first-order valence-electron chi connectivity index (χ1n) is 11.3. The van der Waals surface area contributed by atoms with Crippen LogP contribution in [0.4, 0.5) is 11.6 Å². The number of hydrogen-bond acceptors (Lipinski definition) is 8. The third-order valence-corrected chi connectivity index (χ3v) is 6.21. The number of esters is 1. The van der Waals surface area contributed by atoms with Gasteiger partial charge in [-0.25, -0.2) is 24.1 Å². The fourth-order valence-electron chi connectivity index (χ4n) is 4.37. The van der Waals surface area contributed by atoms with Gasteiger partial charge in [-0.15, -0.1) is 0 Å². The van der Waals surface area contributed by atoms with Crippen molar-refractivity contribution in [1.82, 2.24) is 29.6 Å². The number of carbonyl (C=O) groups is 1. The average molecular weight is 457 g/mol. The van der Waals surface area contributed by atoms with Crippen molar-refractivity contribution in [3.05, 3.63) is 69.8 Å². The minimum atomic E-state index is -0.543. The van der Waals surface area contributed by atoms with Gasteiger partial charge in [0.25, 0.3) is 5.56 Å². The van der Waals surface area contributed by atoms with Crippen LogP contribution < -0.4 is 16.2 Å². The van der Waals surface area contributed by atoms with Crippen molar-refractivity contribution >= 4 is 28.6 Å². The monoisotopic (exact) mass is 457 g/mol. The largest absolute Gasteiger partial charge is 0.464 e. The number of pyridine rings is 1. The molecule has 0 bridgehead atoms. The maximum Gasteiger partial charge on any atom is 0.356 e. The van der Waals surface area contributed by atoms with Crippen molar-refractivity contribution in [2.24, 2.45) is 0 Å². The molecule has 2 N–H and O–H groups in total. The predicted octanol–water partition coefficient (Wildman–Crippen LogP) is 2.49. The molecule has 0 saturated heterocycles. The van der Waals surface area contributed by atoms with Crippen molar-refractivity contribution in [3.63, 3.8) is 0 Å². The molecule has 4 aromatic rings. The van der Waals surface area contributed by atoms with Gasteiger partial charge in [0.15, 0.2) is 17.2 Å². The zero-order valence-electron chi connectivity index (χ0n) is 18.6. The number of fused-ring (bicyclic) bond motifs is 2. The SMILES string of the molecule is COC(=O)c1cccc(-n2c3nc(Nc4ccc5c(c4)CCNC5)ncc3c(=O)n2C2CC2)n1. The maximum atomic E-state index is 13.2. The van der Waals surface area contributed by atoms with Gasteiger partial charge < -0.3 is 15.4 Å². The summed E-state index contributed by atoms with van der Waals surface area (Å²) in [5, 5.41) is 7.05. The summed E-state index contributed by atoms with van der Waals surface area (Å²) in [6.07, 6.45) is 4.32. The number of carbonyl (C=O) groups excluding carboxylic acids is 1. The molecule has 2 aliphatic rings. The van der Waals surface area contributed by atoms with Gasteiger partial charge in [-0.3, -0.25) is 4.79 Å². The van der Waals surface area contributed by atoms with Crippen LogP contribution in [0, 0.1) is 0 Å². The van der Waals surface area contributed by atoms with Gasteiger partial charge in [0.2, 0.25) is 5.95 Å². The third-order valence-electron chi connectivity index (χ3n) is 6.21. The lowest BCUT2D eigenvalue weighted by Gasteiger charge is -2.18. The van der Waals surface area contributed by atoms with Crippen LogP contribution in [0.3, 0.4) is 0 Å². The van der Waals surface area contributed by atoms with Gasteiger partial charge in [-0.05, 0) is 61.2 Å². The first kappa shape index (κ1) is 20.5. The highest BCUT2D eigenvalue weighted by Crippen LogP contribution is 2.35. The third kappa shape index (κ3) is 3.52. The molecule has 1 fully saturated rings. The Morgan fingerprint density at radius 1 is 1.18 bits per heavy atom. The maximum absolute atomic E-state index is 13.2. The van der Waals surface area contributed by atoms with E-state index in [9.17, 15) is 9.59 Å². The summed E-state index contributed by atoms with van der Waals surface area (Å²) < 4.78 is 8.17. The number of methoxy groups -OCH3 is 1.